The molecule has 2 heterocycles. The highest BCUT2D eigenvalue weighted by atomic mass is 35.5. The van der Waals surface area contributed by atoms with Gasteiger partial charge in [-0.2, -0.15) is 0 Å². The van der Waals surface area contributed by atoms with Crippen molar-refractivity contribution in [3.8, 4) is 11.6 Å². The normalized spacial score (nSPS) is 11.0. The van der Waals surface area contributed by atoms with Crippen molar-refractivity contribution in [2.45, 2.75) is 0 Å². The van der Waals surface area contributed by atoms with Gasteiger partial charge < -0.3 is 9.40 Å². The molecule has 0 aliphatic rings. The number of fused-ring (bicyclic) bond motifs is 1. The average molecular weight is 219 g/mol. The maximum atomic E-state index is 5.70. The van der Waals surface area contributed by atoms with Crippen LogP contribution in [0, 0.1) is 0 Å². The summed E-state index contributed by atoms with van der Waals surface area (Å²) >= 11 is 5.70. The first kappa shape index (κ1) is 8.56. The standard InChI is InChI=1S/C11H7ClN2O/c12-10-6-5-9(15-10)11-13-7-3-1-2-4-8(7)14-11/h1-6H,(H,13,14). The van der Waals surface area contributed by atoms with Crippen molar-refractivity contribution in [1.82, 2.24) is 9.97 Å². The Kier molecular flexibility index (Phi) is 1.79. The van der Waals surface area contributed by atoms with Crippen LogP contribution >= 0.6 is 11.6 Å². The topological polar surface area (TPSA) is 41.8 Å². The minimum absolute atomic E-state index is 0.366. The van der Waals surface area contributed by atoms with Gasteiger partial charge in [-0.15, -0.1) is 0 Å². The van der Waals surface area contributed by atoms with Gasteiger partial charge in [0.2, 0.25) is 0 Å². The van der Waals surface area contributed by atoms with Crippen molar-refractivity contribution in [2.75, 3.05) is 0 Å². The quantitative estimate of drug-likeness (QED) is 0.680. The lowest BCUT2D eigenvalue weighted by atomic mass is 10.3. The number of rotatable bonds is 1. The van der Waals surface area contributed by atoms with Crippen molar-refractivity contribution in [3.05, 3.63) is 41.6 Å². The van der Waals surface area contributed by atoms with E-state index in [9.17, 15) is 0 Å². The molecular weight excluding hydrogens is 212 g/mol. The van der Waals surface area contributed by atoms with Crippen LogP contribution in [0.4, 0.5) is 0 Å². The van der Waals surface area contributed by atoms with Crippen LogP contribution in [0.5, 0.6) is 0 Å². The van der Waals surface area contributed by atoms with Gasteiger partial charge >= 0.3 is 0 Å². The molecule has 4 heteroatoms. The van der Waals surface area contributed by atoms with Gasteiger partial charge in [0.15, 0.2) is 16.8 Å². The molecule has 0 radical (unpaired) electrons. The van der Waals surface area contributed by atoms with E-state index in [1.54, 1.807) is 12.1 Å². The van der Waals surface area contributed by atoms with E-state index in [0.29, 0.717) is 16.8 Å². The summed E-state index contributed by atoms with van der Waals surface area (Å²) < 4.78 is 5.27. The van der Waals surface area contributed by atoms with E-state index in [4.69, 9.17) is 16.0 Å². The maximum Gasteiger partial charge on any atom is 0.194 e. The van der Waals surface area contributed by atoms with Crippen LogP contribution in [0.15, 0.2) is 40.8 Å². The summed E-state index contributed by atoms with van der Waals surface area (Å²) in [5, 5.41) is 0.366. The number of halogens is 1. The number of furan rings is 1. The van der Waals surface area contributed by atoms with Crippen molar-refractivity contribution in [2.24, 2.45) is 0 Å². The molecule has 0 bridgehead atoms. The third-order valence-corrected chi connectivity index (χ3v) is 2.40. The molecule has 0 amide bonds. The Morgan fingerprint density at radius 2 is 2.00 bits per heavy atom. The highest BCUT2D eigenvalue weighted by Gasteiger charge is 2.08. The Morgan fingerprint density at radius 3 is 2.73 bits per heavy atom. The number of imidazole rings is 1. The summed E-state index contributed by atoms with van der Waals surface area (Å²) in [7, 11) is 0. The molecule has 0 saturated heterocycles. The number of hydrogen-bond donors (Lipinski definition) is 1. The summed E-state index contributed by atoms with van der Waals surface area (Å²) in [6, 6.07) is 11.3. The molecule has 3 aromatic rings. The fourth-order valence-electron chi connectivity index (χ4n) is 1.51. The van der Waals surface area contributed by atoms with Crippen molar-refractivity contribution in [3.63, 3.8) is 0 Å². The third-order valence-electron chi connectivity index (χ3n) is 2.20. The molecule has 0 unspecified atom stereocenters. The molecular formula is C11H7ClN2O. The number of nitrogens with one attached hydrogen (secondary N) is 1. The predicted molar refractivity (Wildman–Crippen MR) is 58.8 cm³/mol. The molecule has 2 aromatic heterocycles. The second kappa shape index (κ2) is 3.14. The van der Waals surface area contributed by atoms with Crippen LogP contribution in [0.2, 0.25) is 5.22 Å². The molecule has 0 aliphatic heterocycles. The molecule has 3 rings (SSSR count). The highest BCUT2D eigenvalue weighted by molar-refractivity contribution is 6.28. The summed E-state index contributed by atoms with van der Waals surface area (Å²) in [4.78, 5) is 7.55. The minimum Gasteiger partial charge on any atom is -0.441 e. The van der Waals surface area contributed by atoms with Gasteiger partial charge in [0, 0.05) is 0 Å². The van der Waals surface area contributed by atoms with Crippen LogP contribution in [0.3, 0.4) is 0 Å². The van der Waals surface area contributed by atoms with Gasteiger partial charge in [-0.3, -0.25) is 0 Å². The summed E-state index contributed by atoms with van der Waals surface area (Å²) in [5.74, 6) is 1.35. The lowest BCUT2D eigenvalue weighted by Crippen LogP contribution is -1.74. The van der Waals surface area contributed by atoms with E-state index in [-0.39, 0.29) is 0 Å². The maximum absolute atomic E-state index is 5.70. The average Bonchev–Trinajstić information content (AvgIpc) is 2.82. The van der Waals surface area contributed by atoms with Crippen LogP contribution in [-0.4, -0.2) is 9.97 Å². The van der Waals surface area contributed by atoms with Crippen molar-refractivity contribution >= 4 is 22.6 Å². The Labute approximate surface area is 90.7 Å². The van der Waals surface area contributed by atoms with E-state index in [0.717, 1.165) is 11.0 Å². The first-order valence-electron chi connectivity index (χ1n) is 4.53. The van der Waals surface area contributed by atoms with Crippen LogP contribution in [-0.2, 0) is 0 Å². The number of para-hydroxylation sites is 2. The van der Waals surface area contributed by atoms with Gasteiger partial charge in [-0.1, -0.05) is 12.1 Å². The number of H-pyrrole nitrogens is 1. The van der Waals surface area contributed by atoms with Gasteiger partial charge in [0.1, 0.15) is 0 Å². The minimum atomic E-state index is 0.366. The zero-order chi connectivity index (χ0) is 10.3. The van der Waals surface area contributed by atoms with Crippen molar-refractivity contribution in [1.29, 1.82) is 0 Å². The fraction of sp³-hybridized carbons (Fsp3) is 0. The molecule has 0 saturated carbocycles. The third kappa shape index (κ3) is 1.41. The number of nitrogens with zero attached hydrogens (tertiary/aromatic N) is 1. The second-order valence-corrected chi connectivity index (χ2v) is 3.58. The molecule has 0 atom stereocenters. The van der Waals surface area contributed by atoms with Gasteiger partial charge in [0.05, 0.1) is 11.0 Å². The molecule has 0 fully saturated rings. The Balaban J connectivity index is 2.19. The summed E-state index contributed by atoms with van der Waals surface area (Å²) in [6.45, 7) is 0. The summed E-state index contributed by atoms with van der Waals surface area (Å²) in [5.41, 5.74) is 1.90. The number of benzene rings is 1. The van der Waals surface area contributed by atoms with E-state index in [1.807, 2.05) is 24.3 Å². The SMILES string of the molecule is Clc1ccc(-c2nc3ccccc3[nH]2)o1. The van der Waals surface area contributed by atoms with Crippen LogP contribution in [0.1, 0.15) is 0 Å². The van der Waals surface area contributed by atoms with Crippen molar-refractivity contribution < 1.29 is 4.42 Å². The molecule has 3 nitrogen and oxygen atoms in total. The Hall–Kier alpha value is -1.74. The molecule has 74 valence electrons. The van der Waals surface area contributed by atoms with Gasteiger partial charge in [0.25, 0.3) is 0 Å². The van der Waals surface area contributed by atoms with E-state index >= 15 is 0 Å². The first-order valence-corrected chi connectivity index (χ1v) is 4.91. The number of aromatic amines is 1. The number of aromatic nitrogens is 2. The molecule has 1 aromatic carbocycles. The molecule has 1 N–H and O–H groups in total. The van der Waals surface area contributed by atoms with E-state index < -0.39 is 0 Å². The van der Waals surface area contributed by atoms with E-state index in [1.165, 1.54) is 0 Å². The molecule has 15 heavy (non-hydrogen) atoms. The lowest BCUT2D eigenvalue weighted by molar-refractivity contribution is 0.580. The zero-order valence-electron chi connectivity index (χ0n) is 7.70. The Morgan fingerprint density at radius 1 is 1.13 bits per heavy atom. The predicted octanol–water partition coefficient (Wildman–Crippen LogP) is 3.48. The summed E-state index contributed by atoms with van der Waals surface area (Å²) in [6.07, 6.45) is 0. The first-order chi connectivity index (χ1) is 7.33. The second-order valence-electron chi connectivity index (χ2n) is 3.21. The highest BCUT2D eigenvalue weighted by Crippen LogP contribution is 2.24. The fourth-order valence-corrected chi connectivity index (χ4v) is 1.66. The largest absolute Gasteiger partial charge is 0.441 e. The van der Waals surface area contributed by atoms with Crippen LogP contribution < -0.4 is 0 Å². The lowest BCUT2D eigenvalue weighted by Gasteiger charge is -1.86. The molecule has 0 spiro atoms. The van der Waals surface area contributed by atoms with E-state index in [2.05, 4.69) is 9.97 Å². The smallest absolute Gasteiger partial charge is 0.194 e. The molecule has 0 aliphatic carbocycles. The zero-order valence-corrected chi connectivity index (χ0v) is 8.45. The van der Waals surface area contributed by atoms with Gasteiger partial charge in [-0.05, 0) is 35.9 Å². The van der Waals surface area contributed by atoms with Gasteiger partial charge in [-0.25, -0.2) is 4.98 Å². The van der Waals surface area contributed by atoms with Crippen LogP contribution in [0.25, 0.3) is 22.6 Å². The monoisotopic (exact) mass is 218 g/mol. The Bertz CT molecular complexity index is 579. The number of hydrogen-bond acceptors (Lipinski definition) is 2.